The standard InChI is InChI=1S/C18H27N3O6/c1-3-10(2)15(18(26)27)21-17(25)14(20-16(24)13(19)9-22)8-11-4-6-12(23)7-5-11/h4-7,10,13-15,22-23H,3,8-9,19H2,1-2H3,(H,20,24)(H,21,25)(H,26,27). The minimum atomic E-state index is -1.20. The van der Waals surface area contributed by atoms with Gasteiger partial charge in [0.25, 0.3) is 0 Å². The Morgan fingerprint density at radius 3 is 2.19 bits per heavy atom. The van der Waals surface area contributed by atoms with E-state index in [1.165, 1.54) is 12.1 Å². The van der Waals surface area contributed by atoms with E-state index in [1.54, 1.807) is 19.1 Å². The Morgan fingerprint density at radius 2 is 1.70 bits per heavy atom. The number of aliphatic hydroxyl groups excluding tert-OH is 1. The first kappa shape index (κ1) is 22.4. The molecular weight excluding hydrogens is 354 g/mol. The van der Waals surface area contributed by atoms with Crippen molar-refractivity contribution >= 4 is 17.8 Å². The lowest BCUT2D eigenvalue weighted by atomic mass is 9.98. The first-order valence-electron chi connectivity index (χ1n) is 8.67. The zero-order valence-electron chi connectivity index (χ0n) is 15.4. The van der Waals surface area contributed by atoms with Crippen LogP contribution < -0.4 is 16.4 Å². The van der Waals surface area contributed by atoms with Crippen molar-refractivity contribution in [3.05, 3.63) is 29.8 Å². The molecule has 0 aromatic heterocycles. The number of aromatic hydroxyl groups is 1. The zero-order valence-corrected chi connectivity index (χ0v) is 15.4. The summed E-state index contributed by atoms with van der Waals surface area (Å²) in [6, 6.07) is 2.63. The van der Waals surface area contributed by atoms with Crippen LogP contribution in [0.4, 0.5) is 0 Å². The molecule has 7 N–H and O–H groups in total. The second kappa shape index (κ2) is 10.5. The van der Waals surface area contributed by atoms with E-state index in [-0.39, 0.29) is 18.1 Å². The largest absolute Gasteiger partial charge is 0.508 e. The van der Waals surface area contributed by atoms with E-state index < -0.39 is 42.5 Å². The molecule has 27 heavy (non-hydrogen) atoms. The topological polar surface area (TPSA) is 162 Å². The Kier molecular flexibility index (Phi) is 8.70. The normalized spacial score (nSPS) is 15.3. The van der Waals surface area contributed by atoms with Gasteiger partial charge < -0.3 is 31.7 Å². The van der Waals surface area contributed by atoms with E-state index >= 15 is 0 Å². The van der Waals surface area contributed by atoms with Gasteiger partial charge in [-0.05, 0) is 23.6 Å². The SMILES string of the molecule is CCC(C)C(NC(=O)C(Cc1ccc(O)cc1)NC(=O)C(N)CO)C(=O)O. The molecule has 9 heteroatoms. The van der Waals surface area contributed by atoms with Crippen molar-refractivity contribution < 1.29 is 29.7 Å². The predicted octanol–water partition coefficient (Wildman–Crippen LogP) is -0.645. The maximum Gasteiger partial charge on any atom is 0.326 e. The summed E-state index contributed by atoms with van der Waals surface area (Å²) in [6.45, 7) is 2.92. The number of nitrogens with one attached hydrogen (secondary N) is 2. The van der Waals surface area contributed by atoms with E-state index in [0.29, 0.717) is 12.0 Å². The highest BCUT2D eigenvalue weighted by Gasteiger charge is 2.30. The first-order chi connectivity index (χ1) is 12.7. The Bertz CT molecular complexity index is 649. The average molecular weight is 381 g/mol. The Labute approximate surface area is 157 Å². The lowest BCUT2D eigenvalue weighted by Crippen LogP contribution is -2.56. The Morgan fingerprint density at radius 1 is 1.11 bits per heavy atom. The number of carboxylic acids is 1. The van der Waals surface area contributed by atoms with Gasteiger partial charge in [-0.2, -0.15) is 0 Å². The van der Waals surface area contributed by atoms with Crippen LogP contribution in [-0.4, -0.2) is 57.8 Å². The van der Waals surface area contributed by atoms with Crippen LogP contribution in [0.15, 0.2) is 24.3 Å². The number of nitrogens with two attached hydrogens (primary N) is 1. The molecule has 0 radical (unpaired) electrons. The molecule has 0 spiro atoms. The molecule has 4 atom stereocenters. The van der Waals surface area contributed by atoms with Crippen LogP contribution in [0, 0.1) is 5.92 Å². The second-order valence-corrected chi connectivity index (χ2v) is 6.43. The van der Waals surface area contributed by atoms with Crippen LogP contribution in [0.2, 0.25) is 0 Å². The number of phenolic OH excluding ortho intramolecular Hbond substituents is 1. The minimum Gasteiger partial charge on any atom is -0.508 e. The van der Waals surface area contributed by atoms with Gasteiger partial charge in [-0.25, -0.2) is 4.79 Å². The molecule has 1 aromatic carbocycles. The number of benzene rings is 1. The lowest BCUT2D eigenvalue weighted by molar-refractivity contribution is -0.143. The van der Waals surface area contributed by atoms with Gasteiger partial charge in [0.1, 0.15) is 23.9 Å². The molecule has 0 saturated carbocycles. The van der Waals surface area contributed by atoms with Crippen molar-refractivity contribution in [2.75, 3.05) is 6.61 Å². The molecule has 0 aliphatic rings. The molecule has 0 aliphatic carbocycles. The Hall–Kier alpha value is -2.65. The van der Waals surface area contributed by atoms with Crippen molar-refractivity contribution in [2.45, 2.75) is 44.8 Å². The molecule has 150 valence electrons. The summed E-state index contributed by atoms with van der Waals surface area (Å²) in [7, 11) is 0. The number of hydrogen-bond acceptors (Lipinski definition) is 6. The zero-order chi connectivity index (χ0) is 20.6. The number of aliphatic hydroxyl groups is 1. The number of carboxylic acid groups (broad SMARTS) is 1. The third-order valence-electron chi connectivity index (χ3n) is 4.32. The molecule has 0 aliphatic heterocycles. The van der Waals surface area contributed by atoms with Gasteiger partial charge in [0.05, 0.1) is 6.61 Å². The number of carbonyl (C=O) groups is 3. The van der Waals surface area contributed by atoms with Crippen LogP contribution in [0.3, 0.4) is 0 Å². The number of rotatable bonds is 10. The maximum absolute atomic E-state index is 12.7. The summed E-state index contributed by atoms with van der Waals surface area (Å²) in [6.07, 6.45) is 0.602. The highest BCUT2D eigenvalue weighted by atomic mass is 16.4. The number of hydrogen-bond donors (Lipinski definition) is 6. The average Bonchev–Trinajstić information content (AvgIpc) is 2.65. The third kappa shape index (κ3) is 6.87. The molecule has 9 nitrogen and oxygen atoms in total. The van der Waals surface area contributed by atoms with E-state index in [4.69, 9.17) is 10.8 Å². The molecule has 1 aromatic rings. The van der Waals surface area contributed by atoms with Gasteiger partial charge in [0.15, 0.2) is 0 Å². The lowest BCUT2D eigenvalue weighted by Gasteiger charge is -2.25. The van der Waals surface area contributed by atoms with Gasteiger partial charge in [0.2, 0.25) is 11.8 Å². The van der Waals surface area contributed by atoms with Crippen molar-refractivity contribution in [3.8, 4) is 5.75 Å². The summed E-state index contributed by atoms with van der Waals surface area (Å²) in [5.41, 5.74) is 6.12. The number of aliphatic carboxylic acids is 1. The van der Waals surface area contributed by atoms with Gasteiger partial charge >= 0.3 is 5.97 Å². The summed E-state index contributed by atoms with van der Waals surface area (Å²) >= 11 is 0. The fraction of sp³-hybridized carbons (Fsp3) is 0.500. The fourth-order valence-electron chi connectivity index (χ4n) is 2.38. The van der Waals surface area contributed by atoms with E-state index in [2.05, 4.69) is 10.6 Å². The monoisotopic (exact) mass is 381 g/mol. The van der Waals surface area contributed by atoms with E-state index in [0.717, 1.165) is 0 Å². The minimum absolute atomic E-state index is 0.0498. The quantitative estimate of drug-likeness (QED) is 0.314. The van der Waals surface area contributed by atoms with E-state index in [9.17, 15) is 24.6 Å². The third-order valence-corrected chi connectivity index (χ3v) is 4.32. The first-order valence-corrected chi connectivity index (χ1v) is 8.67. The second-order valence-electron chi connectivity index (χ2n) is 6.43. The number of amides is 2. The van der Waals surface area contributed by atoms with Crippen LogP contribution in [0.1, 0.15) is 25.8 Å². The van der Waals surface area contributed by atoms with Crippen molar-refractivity contribution in [3.63, 3.8) is 0 Å². The highest BCUT2D eigenvalue weighted by molar-refractivity contribution is 5.92. The molecule has 0 heterocycles. The van der Waals surface area contributed by atoms with Crippen LogP contribution >= 0.6 is 0 Å². The van der Waals surface area contributed by atoms with Gasteiger partial charge in [-0.15, -0.1) is 0 Å². The molecule has 4 unspecified atom stereocenters. The Balaban J connectivity index is 2.99. The molecule has 0 bridgehead atoms. The highest BCUT2D eigenvalue weighted by Crippen LogP contribution is 2.13. The fourth-order valence-corrected chi connectivity index (χ4v) is 2.38. The van der Waals surface area contributed by atoms with Crippen molar-refractivity contribution in [2.24, 2.45) is 11.7 Å². The van der Waals surface area contributed by atoms with Crippen LogP contribution in [-0.2, 0) is 20.8 Å². The van der Waals surface area contributed by atoms with Gasteiger partial charge in [0, 0.05) is 6.42 Å². The summed E-state index contributed by atoms with van der Waals surface area (Å²) < 4.78 is 0. The van der Waals surface area contributed by atoms with Crippen LogP contribution in [0.5, 0.6) is 5.75 Å². The predicted molar refractivity (Wildman–Crippen MR) is 97.8 cm³/mol. The summed E-state index contributed by atoms with van der Waals surface area (Å²) in [5, 5.41) is 32.6. The molecule has 0 fully saturated rings. The van der Waals surface area contributed by atoms with Crippen LogP contribution in [0.25, 0.3) is 0 Å². The molecule has 0 saturated heterocycles. The maximum atomic E-state index is 12.7. The molecule has 2 amide bonds. The number of carbonyl (C=O) groups excluding carboxylic acids is 2. The summed E-state index contributed by atoms with van der Waals surface area (Å²) in [4.78, 5) is 36.1. The summed E-state index contributed by atoms with van der Waals surface area (Å²) in [5.74, 6) is -2.83. The van der Waals surface area contributed by atoms with Crippen molar-refractivity contribution in [1.29, 1.82) is 0 Å². The smallest absolute Gasteiger partial charge is 0.326 e. The number of phenols is 1. The van der Waals surface area contributed by atoms with E-state index in [1.807, 2.05) is 6.92 Å². The van der Waals surface area contributed by atoms with Crippen molar-refractivity contribution in [1.82, 2.24) is 10.6 Å². The van der Waals surface area contributed by atoms with Gasteiger partial charge in [-0.1, -0.05) is 32.4 Å². The van der Waals surface area contributed by atoms with Gasteiger partial charge in [-0.3, -0.25) is 9.59 Å². The molecular formula is C18H27N3O6. The molecule has 1 rings (SSSR count).